The standard InChI is InChI=1S/C15H22N4OS/c1-9-7-19(5-4-13(9)17)8-14(20)18-15-12(6-16)10(2)11(3)21-15/h9,13H,4-5,7-8,17H2,1-3H3,(H,18,20). The van der Waals surface area contributed by atoms with Gasteiger partial charge in [-0.05, 0) is 31.7 Å². The summed E-state index contributed by atoms with van der Waals surface area (Å²) < 4.78 is 0. The van der Waals surface area contributed by atoms with Crippen molar-refractivity contribution in [3.8, 4) is 6.07 Å². The van der Waals surface area contributed by atoms with Crippen molar-refractivity contribution in [1.29, 1.82) is 5.26 Å². The number of piperidine rings is 1. The number of thiophene rings is 1. The number of nitrogens with zero attached hydrogens (tertiary/aromatic N) is 2. The van der Waals surface area contributed by atoms with Gasteiger partial charge in [-0.3, -0.25) is 9.69 Å². The van der Waals surface area contributed by atoms with Crippen LogP contribution in [0.3, 0.4) is 0 Å². The third kappa shape index (κ3) is 3.62. The molecule has 1 fully saturated rings. The van der Waals surface area contributed by atoms with Crippen molar-refractivity contribution in [2.24, 2.45) is 11.7 Å². The molecule has 1 aromatic heterocycles. The van der Waals surface area contributed by atoms with Crippen LogP contribution in [0, 0.1) is 31.1 Å². The Morgan fingerprint density at radius 1 is 1.57 bits per heavy atom. The fourth-order valence-electron chi connectivity index (χ4n) is 2.61. The fourth-order valence-corrected chi connectivity index (χ4v) is 3.64. The van der Waals surface area contributed by atoms with Crippen LogP contribution >= 0.6 is 11.3 Å². The number of nitriles is 1. The zero-order chi connectivity index (χ0) is 15.6. The predicted molar refractivity (Wildman–Crippen MR) is 85.3 cm³/mol. The van der Waals surface area contributed by atoms with E-state index in [9.17, 15) is 10.1 Å². The topological polar surface area (TPSA) is 82.2 Å². The van der Waals surface area contributed by atoms with Crippen LogP contribution in [-0.2, 0) is 4.79 Å². The predicted octanol–water partition coefficient (Wildman–Crippen LogP) is 1.84. The molecule has 0 saturated carbocycles. The monoisotopic (exact) mass is 306 g/mol. The van der Waals surface area contributed by atoms with E-state index in [-0.39, 0.29) is 11.9 Å². The van der Waals surface area contributed by atoms with Crippen molar-refractivity contribution in [2.75, 3.05) is 25.0 Å². The molecule has 2 rings (SSSR count). The van der Waals surface area contributed by atoms with Crippen LogP contribution in [-0.4, -0.2) is 36.5 Å². The molecule has 2 heterocycles. The molecule has 2 unspecified atom stereocenters. The van der Waals surface area contributed by atoms with Crippen LogP contribution in [0.4, 0.5) is 5.00 Å². The maximum Gasteiger partial charge on any atom is 0.239 e. The van der Waals surface area contributed by atoms with E-state index in [1.54, 1.807) is 0 Å². The minimum absolute atomic E-state index is 0.0598. The van der Waals surface area contributed by atoms with E-state index in [0.717, 1.165) is 30.0 Å². The Hall–Kier alpha value is -1.42. The van der Waals surface area contributed by atoms with Crippen LogP contribution in [0.1, 0.15) is 29.3 Å². The average Bonchev–Trinajstić information content (AvgIpc) is 2.68. The quantitative estimate of drug-likeness (QED) is 0.893. The molecular formula is C15H22N4OS. The van der Waals surface area contributed by atoms with Crippen molar-refractivity contribution in [2.45, 2.75) is 33.2 Å². The first-order valence-electron chi connectivity index (χ1n) is 7.20. The average molecular weight is 306 g/mol. The second-order valence-electron chi connectivity index (χ2n) is 5.81. The molecule has 114 valence electrons. The van der Waals surface area contributed by atoms with Gasteiger partial charge in [0.15, 0.2) is 0 Å². The Labute approximate surface area is 129 Å². The second-order valence-corrected chi connectivity index (χ2v) is 7.04. The number of hydrogen-bond donors (Lipinski definition) is 2. The third-order valence-electron chi connectivity index (χ3n) is 4.17. The molecule has 1 aliphatic rings. The van der Waals surface area contributed by atoms with Gasteiger partial charge >= 0.3 is 0 Å². The number of hydrogen-bond acceptors (Lipinski definition) is 5. The molecule has 0 aromatic carbocycles. The van der Waals surface area contributed by atoms with E-state index < -0.39 is 0 Å². The van der Waals surface area contributed by atoms with Gasteiger partial charge < -0.3 is 11.1 Å². The van der Waals surface area contributed by atoms with Gasteiger partial charge in [0.25, 0.3) is 0 Å². The first-order valence-corrected chi connectivity index (χ1v) is 8.02. The Morgan fingerprint density at radius 2 is 2.29 bits per heavy atom. The second kappa shape index (κ2) is 6.56. The first-order chi connectivity index (χ1) is 9.92. The van der Waals surface area contributed by atoms with E-state index in [1.807, 2.05) is 13.8 Å². The highest BCUT2D eigenvalue weighted by Crippen LogP contribution is 2.31. The van der Waals surface area contributed by atoms with Crippen molar-refractivity contribution in [1.82, 2.24) is 4.90 Å². The highest BCUT2D eigenvalue weighted by Gasteiger charge is 2.24. The maximum atomic E-state index is 12.2. The zero-order valence-electron chi connectivity index (χ0n) is 12.8. The number of anilines is 1. The van der Waals surface area contributed by atoms with Crippen LogP contribution in [0.25, 0.3) is 0 Å². The molecule has 0 radical (unpaired) electrons. The minimum atomic E-state index is -0.0598. The summed E-state index contributed by atoms with van der Waals surface area (Å²) in [6.45, 7) is 8.05. The van der Waals surface area contributed by atoms with Crippen LogP contribution in [0.2, 0.25) is 0 Å². The van der Waals surface area contributed by atoms with Crippen molar-refractivity contribution < 1.29 is 4.79 Å². The van der Waals surface area contributed by atoms with Gasteiger partial charge in [0.1, 0.15) is 11.1 Å². The number of nitrogens with one attached hydrogen (secondary N) is 1. The largest absolute Gasteiger partial charge is 0.327 e. The van der Waals surface area contributed by atoms with E-state index in [1.165, 1.54) is 11.3 Å². The SMILES string of the molecule is Cc1sc(NC(=O)CN2CCC(N)C(C)C2)c(C#N)c1C. The van der Waals surface area contributed by atoms with Gasteiger partial charge in [-0.15, -0.1) is 11.3 Å². The van der Waals surface area contributed by atoms with E-state index >= 15 is 0 Å². The van der Waals surface area contributed by atoms with E-state index in [0.29, 0.717) is 23.0 Å². The first kappa shape index (κ1) is 16.0. The summed E-state index contributed by atoms with van der Waals surface area (Å²) in [5.74, 6) is 0.350. The molecule has 2 atom stereocenters. The summed E-state index contributed by atoms with van der Waals surface area (Å²) in [4.78, 5) is 15.4. The lowest BCUT2D eigenvalue weighted by Crippen LogP contribution is -2.48. The molecule has 3 N–H and O–H groups in total. The Kier molecular flexibility index (Phi) is 4.99. The Balaban J connectivity index is 1.97. The van der Waals surface area contributed by atoms with Gasteiger partial charge in [-0.2, -0.15) is 5.26 Å². The van der Waals surface area contributed by atoms with Crippen molar-refractivity contribution in [3.05, 3.63) is 16.0 Å². The lowest BCUT2D eigenvalue weighted by molar-refractivity contribution is -0.117. The highest BCUT2D eigenvalue weighted by molar-refractivity contribution is 7.16. The number of aryl methyl sites for hydroxylation is 1. The van der Waals surface area contributed by atoms with Gasteiger partial charge in [0, 0.05) is 24.0 Å². The maximum absolute atomic E-state index is 12.2. The minimum Gasteiger partial charge on any atom is -0.327 e. The van der Waals surface area contributed by atoms with E-state index in [4.69, 9.17) is 5.73 Å². The molecule has 21 heavy (non-hydrogen) atoms. The summed E-state index contributed by atoms with van der Waals surface area (Å²) in [7, 11) is 0. The molecule has 0 aliphatic carbocycles. The summed E-state index contributed by atoms with van der Waals surface area (Å²) in [6.07, 6.45) is 0.926. The normalized spacial score (nSPS) is 22.8. The number of likely N-dealkylation sites (tertiary alicyclic amines) is 1. The van der Waals surface area contributed by atoms with Crippen LogP contribution in [0.5, 0.6) is 0 Å². The number of carbonyl (C=O) groups is 1. The molecule has 5 nitrogen and oxygen atoms in total. The third-order valence-corrected chi connectivity index (χ3v) is 5.30. The van der Waals surface area contributed by atoms with Crippen molar-refractivity contribution >= 4 is 22.2 Å². The Bertz CT molecular complexity index is 575. The fraction of sp³-hybridized carbons (Fsp3) is 0.600. The number of amides is 1. The summed E-state index contributed by atoms with van der Waals surface area (Å²) >= 11 is 1.46. The van der Waals surface area contributed by atoms with Crippen LogP contribution < -0.4 is 11.1 Å². The summed E-state index contributed by atoms with van der Waals surface area (Å²) in [5.41, 5.74) is 7.53. The molecule has 0 bridgehead atoms. The van der Waals surface area contributed by atoms with Gasteiger partial charge in [0.2, 0.25) is 5.91 Å². The highest BCUT2D eigenvalue weighted by atomic mass is 32.1. The molecule has 1 saturated heterocycles. The number of rotatable bonds is 3. The summed E-state index contributed by atoms with van der Waals surface area (Å²) in [5, 5.41) is 12.7. The molecular weight excluding hydrogens is 284 g/mol. The van der Waals surface area contributed by atoms with Gasteiger partial charge in [-0.25, -0.2) is 0 Å². The number of nitrogens with two attached hydrogens (primary N) is 1. The lowest BCUT2D eigenvalue weighted by Gasteiger charge is -2.34. The van der Waals surface area contributed by atoms with Gasteiger partial charge in [0.05, 0.1) is 12.1 Å². The van der Waals surface area contributed by atoms with E-state index in [2.05, 4.69) is 23.2 Å². The smallest absolute Gasteiger partial charge is 0.239 e. The summed E-state index contributed by atoms with van der Waals surface area (Å²) in [6, 6.07) is 2.41. The molecule has 0 spiro atoms. The molecule has 1 aliphatic heterocycles. The van der Waals surface area contributed by atoms with Crippen LogP contribution in [0.15, 0.2) is 0 Å². The molecule has 1 amide bonds. The Morgan fingerprint density at radius 3 is 2.90 bits per heavy atom. The molecule has 1 aromatic rings. The lowest BCUT2D eigenvalue weighted by atomic mass is 9.95. The number of carbonyl (C=O) groups excluding carboxylic acids is 1. The van der Waals surface area contributed by atoms with Crippen molar-refractivity contribution in [3.63, 3.8) is 0 Å². The zero-order valence-corrected chi connectivity index (χ0v) is 13.6. The molecule has 6 heteroatoms. The van der Waals surface area contributed by atoms with Gasteiger partial charge in [-0.1, -0.05) is 6.92 Å².